The number of hydrogen-bond donors (Lipinski definition) is 1. The van der Waals surface area contributed by atoms with E-state index >= 15 is 0 Å². The molecule has 0 atom stereocenters. The number of methoxy groups -OCH3 is 1. The largest absolute Gasteiger partial charge is 0.481 e. The maximum absolute atomic E-state index is 12.4. The summed E-state index contributed by atoms with van der Waals surface area (Å²) in [7, 11) is 1.34. The summed E-state index contributed by atoms with van der Waals surface area (Å²) in [6, 6.07) is 1.82. The number of nitrogens with two attached hydrogens (primary N) is 1. The molecule has 0 aliphatic heterocycles. The van der Waals surface area contributed by atoms with Gasteiger partial charge >= 0.3 is 0 Å². The van der Waals surface area contributed by atoms with Crippen molar-refractivity contribution in [2.75, 3.05) is 12.8 Å². The second kappa shape index (κ2) is 4.55. The fourth-order valence-electron chi connectivity index (χ4n) is 1.16. The first-order valence-corrected chi connectivity index (χ1v) is 4.08. The van der Waals surface area contributed by atoms with Crippen LogP contribution in [0.4, 0.5) is 14.5 Å². The molecule has 2 N–H and O–H groups in total. The predicted molar refractivity (Wildman–Crippen MR) is 49.5 cm³/mol. The monoisotopic (exact) mass is 213 g/mol. The first-order valence-electron chi connectivity index (χ1n) is 4.08. The summed E-state index contributed by atoms with van der Waals surface area (Å²) < 4.78 is 29.7. The van der Waals surface area contributed by atoms with Gasteiger partial charge in [0.15, 0.2) is 0 Å². The Morgan fingerprint density at radius 2 is 2.33 bits per heavy atom. The van der Waals surface area contributed by atoms with Gasteiger partial charge in [-0.2, -0.15) is 5.26 Å². The molecule has 0 bridgehead atoms. The zero-order chi connectivity index (χ0) is 11.4. The highest BCUT2D eigenvalue weighted by Crippen LogP contribution is 2.31. The second-order valence-corrected chi connectivity index (χ2v) is 2.75. The van der Waals surface area contributed by atoms with Gasteiger partial charge in [-0.05, 0) is 0 Å². The van der Waals surface area contributed by atoms with E-state index in [4.69, 9.17) is 15.7 Å². The Morgan fingerprint density at radius 3 is 2.80 bits per heavy atom. The zero-order valence-corrected chi connectivity index (χ0v) is 8.00. The van der Waals surface area contributed by atoms with Gasteiger partial charge in [0.05, 0.1) is 36.4 Å². The molecule has 0 spiro atoms. The van der Waals surface area contributed by atoms with Crippen LogP contribution in [0.1, 0.15) is 17.6 Å². The van der Waals surface area contributed by atoms with Crippen molar-refractivity contribution in [2.24, 2.45) is 0 Å². The van der Waals surface area contributed by atoms with Gasteiger partial charge in [0, 0.05) is 6.20 Å². The lowest BCUT2D eigenvalue weighted by molar-refractivity contribution is 0.151. The van der Waals surface area contributed by atoms with Crippen LogP contribution in [0.2, 0.25) is 0 Å². The lowest BCUT2D eigenvalue weighted by Gasteiger charge is -2.11. The molecule has 0 aliphatic rings. The maximum atomic E-state index is 12.4. The molecule has 4 nitrogen and oxygen atoms in total. The van der Waals surface area contributed by atoms with Gasteiger partial charge in [0.1, 0.15) is 0 Å². The Labute approximate surface area is 85.3 Å². The second-order valence-electron chi connectivity index (χ2n) is 2.75. The van der Waals surface area contributed by atoms with Crippen LogP contribution in [0.3, 0.4) is 0 Å². The number of aromatic nitrogens is 1. The third kappa shape index (κ3) is 2.13. The molecular weight excluding hydrogens is 204 g/mol. The van der Waals surface area contributed by atoms with E-state index in [2.05, 4.69) is 4.98 Å². The van der Waals surface area contributed by atoms with Gasteiger partial charge in [-0.3, -0.25) is 0 Å². The van der Waals surface area contributed by atoms with Crippen LogP contribution in [0.15, 0.2) is 6.20 Å². The van der Waals surface area contributed by atoms with Gasteiger partial charge in [-0.1, -0.05) is 0 Å². The van der Waals surface area contributed by atoms with Crippen LogP contribution < -0.4 is 10.5 Å². The summed E-state index contributed by atoms with van der Waals surface area (Å²) in [6.07, 6.45) is -1.86. The number of ether oxygens (including phenoxy) is 1. The summed E-state index contributed by atoms with van der Waals surface area (Å²) in [5.41, 5.74) is 5.20. The quantitative estimate of drug-likeness (QED) is 0.828. The number of anilines is 1. The van der Waals surface area contributed by atoms with E-state index in [1.54, 1.807) is 0 Å². The molecule has 1 aromatic heterocycles. The van der Waals surface area contributed by atoms with E-state index in [0.29, 0.717) is 0 Å². The lowest BCUT2D eigenvalue weighted by atomic mass is 10.1. The van der Waals surface area contributed by atoms with Crippen molar-refractivity contribution < 1.29 is 13.5 Å². The minimum Gasteiger partial charge on any atom is -0.481 e. The van der Waals surface area contributed by atoms with Crippen LogP contribution in [-0.4, -0.2) is 12.1 Å². The molecule has 0 amide bonds. The number of nitrogens with zero attached hydrogens (tertiary/aromatic N) is 2. The average molecular weight is 213 g/mol. The average Bonchev–Trinajstić information content (AvgIpc) is 2.20. The summed E-state index contributed by atoms with van der Waals surface area (Å²) in [5.74, 6) is 0.110. The summed E-state index contributed by atoms with van der Waals surface area (Å²) >= 11 is 0. The summed E-state index contributed by atoms with van der Waals surface area (Å²) in [5, 5.41) is 8.52. The first-order chi connectivity index (χ1) is 7.11. The maximum Gasteiger partial charge on any atom is 0.267 e. The van der Waals surface area contributed by atoms with Crippen molar-refractivity contribution in [3.8, 4) is 11.9 Å². The Kier molecular flexibility index (Phi) is 3.39. The standard InChI is InChI=1S/C9H9F2N3O/c1-15-9-5(2-3-12)7(13)6(4-14-9)8(10)11/h4,8H,2H2,1H3,(H2,13,14). The molecule has 0 aliphatic carbocycles. The van der Waals surface area contributed by atoms with E-state index in [0.717, 1.165) is 6.20 Å². The van der Waals surface area contributed by atoms with Crippen molar-refractivity contribution in [3.05, 3.63) is 17.3 Å². The zero-order valence-electron chi connectivity index (χ0n) is 8.00. The van der Waals surface area contributed by atoms with E-state index < -0.39 is 6.43 Å². The number of pyridine rings is 1. The Morgan fingerprint density at radius 1 is 1.67 bits per heavy atom. The normalized spacial score (nSPS) is 10.1. The van der Waals surface area contributed by atoms with Crippen molar-refractivity contribution in [1.82, 2.24) is 4.98 Å². The SMILES string of the molecule is COc1ncc(C(F)F)c(N)c1CC#N. The number of nitriles is 1. The number of halogens is 2. The van der Waals surface area contributed by atoms with Gasteiger partial charge in [0.25, 0.3) is 6.43 Å². The molecular formula is C9H9F2N3O. The van der Waals surface area contributed by atoms with Gasteiger partial charge in [-0.15, -0.1) is 0 Å². The molecule has 0 aromatic carbocycles. The highest BCUT2D eigenvalue weighted by Gasteiger charge is 2.18. The molecule has 15 heavy (non-hydrogen) atoms. The summed E-state index contributed by atoms with van der Waals surface area (Å²) in [6.45, 7) is 0. The molecule has 0 fully saturated rings. The molecule has 0 radical (unpaired) electrons. The molecule has 0 unspecified atom stereocenters. The molecule has 1 aromatic rings. The van der Waals surface area contributed by atoms with Crippen molar-refractivity contribution in [1.29, 1.82) is 5.26 Å². The lowest BCUT2D eigenvalue weighted by Crippen LogP contribution is -2.04. The van der Waals surface area contributed by atoms with E-state index in [9.17, 15) is 8.78 Å². The first kappa shape index (κ1) is 11.2. The van der Waals surface area contributed by atoms with E-state index in [-0.39, 0.29) is 29.1 Å². The molecule has 0 saturated heterocycles. The number of rotatable bonds is 3. The number of nitrogen functional groups attached to an aromatic ring is 1. The van der Waals surface area contributed by atoms with E-state index in [1.165, 1.54) is 7.11 Å². The van der Waals surface area contributed by atoms with Crippen LogP contribution in [0, 0.1) is 11.3 Å². The van der Waals surface area contributed by atoms with Crippen molar-refractivity contribution in [3.63, 3.8) is 0 Å². The number of hydrogen-bond acceptors (Lipinski definition) is 4. The predicted octanol–water partition coefficient (Wildman–Crippen LogP) is 1.68. The van der Waals surface area contributed by atoms with Gasteiger partial charge in [-0.25, -0.2) is 13.8 Å². The van der Waals surface area contributed by atoms with Gasteiger partial charge in [0.2, 0.25) is 5.88 Å². The fourth-order valence-corrected chi connectivity index (χ4v) is 1.16. The highest BCUT2D eigenvalue weighted by molar-refractivity contribution is 5.58. The minimum atomic E-state index is -2.71. The highest BCUT2D eigenvalue weighted by atomic mass is 19.3. The minimum absolute atomic E-state index is 0.109. The Hall–Kier alpha value is -1.90. The molecule has 1 heterocycles. The van der Waals surface area contributed by atoms with E-state index in [1.807, 2.05) is 6.07 Å². The third-order valence-electron chi connectivity index (χ3n) is 1.90. The van der Waals surface area contributed by atoms with Crippen molar-refractivity contribution in [2.45, 2.75) is 12.8 Å². The van der Waals surface area contributed by atoms with Crippen LogP contribution in [-0.2, 0) is 6.42 Å². The molecule has 1 rings (SSSR count). The van der Waals surface area contributed by atoms with Crippen LogP contribution in [0.5, 0.6) is 5.88 Å². The Bertz CT molecular complexity index is 401. The summed E-state index contributed by atoms with van der Waals surface area (Å²) in [4.78, 5) is 3.66. The van der Waals surface area contributed by atoms with Gasteiger partial charge < -0.3 is 10.5 Å². The molecule has 6 heteroatoms. The van der Waals surface area contributed by atoms with Crippen LogP contribution >= 0.6 is 0 Å². The Balaban J connectivity index is 3.30. The van der Waals surface area contributed by atoms with Crippen molar-refractivity contribution >= 4 is 5.69 Å². The van der Waals surface area contributed by atoms with Crippen LogP contribution in [0.25, 0.3) is 0 Å². The fraction of sp³-hybridized carbons (Fsp3) is 0.333. The molecule has 0 saturated carbocycles. The smallest absolute Gasteiger partial charge is 0.267 e. The number of alkyl halides is 2. The topological polar surface area (TPSA) is 71.9 Å². The third-order valence-corrected chi connectivity index (χ3v) is 1.90. The molecule has 80 valence electrons.